The van der Waals surface area contributed by atoms with Gasteiger partial charge in [-0.2, -0.15) is 72.3 Å². The molecule has 4 radical (unpaired) electrons. The quantitative estimate of drug-likeness (QED) is 0.695. The fraction of sp³-hybridized carbons (Fsp3) is 0.133. The number of carboxylic acids is 1. The molecule has 0 saturated carbocycles. The standard InChI is InChI=1S/C9H9O2.C6H5.B.Y/c10-9(11)7-6-8-4-2-1-3-5-8;1-2-4-6-5-3-1;;/h2-5H,6-7H2,(H,10,11);1-5H;;/q2*-1;;. The van der Waals surface area contributed by atoms with Gasteiger partial charge >= 0.3 is 5.97 Å². The summed E-state index contributed by atoms with van der Waals surface area (Å²) in [7, 11) is 0. The van der Waals surface area contributed by atoms with Crippen LogP contribution in [0.2, 0.25) is 0 Å². The van der Waals surface area contributed by atoms with Gasteiger partial charge in [0.1, 0.15) is 0 Å². The van der Waals surface area contributed by atoms with Gasteiger partial charge in [-0.05, 0) is 6.42 Å². The number of aliphatic carboxylic acids is 1. The predicted molar refractivity (Wildman–Crippen MR) is 72.3 cm³/mol. The molecule has 19 heavy (non-hydrogen) atoms. The van der Waals surface area contributed by atoms with Crippen molar-refractivity contribution in [2.24, 2.45) is 0 Å². The van der Waals surface area contributed by atoms with Crippen LogP contribution in [-0.4, -0.2) is 19.5 Å². The van der Waals surface area contributed by atoms with E-state index in [9.17, 15) is 4.79 Å². The predicted octanol–water partition coefficient (Wildman–Crippen LogP) is 2.61. The summed E-state index contributed by atoms with van der Waals surface area (Å²) in [5, 5.41) is 8.37. The Labute approximate surface area is 141 Å². The Bertz CT molecular complexity index is 394. The van der Waals surface area contributed by atoms with Crippen molar-refractivity contribution in [2.45, 2.75) is 12.8 Å². The van der Waals surface area contributed by atoms with E-state index in [-0.39, 0.29) is 47.5 Å². The first-order valence-corrected chi connectivity index (χ1v) is 5.37. The Morgan fingerprint density at radius 2 is 1.53 bits per heavy atom. The SMILES string of the molecule is O=C(O)CCc1cc[c-]cc1.[B].[Y].[c-]1ccccc1. The molecule has 0 aromatic heterocycles. The summed E-state index contributed by atoms with van der Waals surface area (Å²) in [6, 6.07) is 22.7. The monoisotopic (exact) mass is 326 g/mol. The number of benzene rings is 2. The zero-order valence-electron chi connectivity index (χ0n) is 10.6. The first kappa shape index (κ1) is 20.4. The molecule has 2 rings (SSSR count). The third kappa shape index (κ3) is 11.9. The van der Waals surface area contributed by atoms with E-state index in [0.29, 0.717) is 6.42 Å². The van der Waals surface area contributed by atoms with Crippen molar-refractivity contribution in [2.75, 3.05) is 0 Å². The third-order valence-corrected chi connectivity index (χ3v) is 2.02. The Hall–Kier alpha value is -0.921. The molecule has 2 nitrogen and oxygen atoms in total. The summed E-state index contributed by atoms with van der Waals surface area (Å²) < 4.78 is 0. The molecule has 0 amide bonds. The van der Waals surface area contributed by atoms with Crippen molar-refractivity contribution >= 4 is 14.4 Å². The van der Waals surface area contributed by atoms with Crippen LogP contribution in [0.25, 0.3) is 0 Å². The normalized spacial score (nSPS) is 8.00. The molecule has 0 heterocycles. The summed E-state index contributed by atoms with van der Waals surface area (Å²) in [6.07, 6.45) is 0.800. The van der Waals surface area contributed by atoms with E-state index in [1.54, 1.807) is 12.1 Å². The molecule has 0 aliphatic heterocycles. The maximum Gasteiger partial charge on any atom is 0.303 e. The molecule has 0 atom stereocenters. The Balaban J connectivity index is 0. The van der Waals surface area contributed by atoms with Crippen molar-refractivity contribution in [1.29, 1.82) is 0 Å². The molecule has 0 unspecified atom stereocenters. The van der Waals surface area contributed by atoms with Crippen LogP contribution in [0.5, 0.6) is 0 Å². The van der Waals surface area contributed by atoms with Gasteiger partial charge in [-0.15, -0.1) is 0 Å². The summed E-state index contributed by atoms with van der Waals surface area (Å²) >= 11 is 0. The van der Waals surface area contributed by atoms with E-state index in [4.69, 9.17) is 5.11 Å². The molecule has 0 aliphatic carbocycles. The summed E-state index contributed by atoms with van der Waals surface area (Å²) in [6.45, 7) is 0. The van der Waals surface area contributed by atoms with E-state index in [2.05, 4.69) is 12.1 Å². The van der Waals surface area contributed by atoms with Crippen molar-refractivity contribution in [1.82, 2.24) is 0 Å². The number of aryl methyl sites for hydroxylation is 1. The van der Waals surface area contributed by atoms with E-state index in [0.717, 1.165) is 5.56 Å². The number of hydrogen-bond donors (Lipinski definition) is 1. The fourth-order valence-corrected chi connectivity index (χ4v) is 1.18. The summed E-state index contributed by atoms with van der Waals surface area (Å²) in [5.41, 5.74) is 1.05. The Morgan fingerprint density at radius 1 is 1.00 bits per heavy atom. The van der Waals surface area contributed by atoms with Crippen molar-refractivity contribution in [3.8, 4) is 0 Å². The minimum atomic E-state index is -0.752. The number of rotatable bonds is 3. The summed E-state index contributed by atoms with van der Waals surface area (Å²) in [5.74, 6) is -0.752. The molecule has 0 bridgehead atoms. The first-order chi connectivity index (χ1) is 8.29. The second kappa shape index (κ2) is 13.5. The third-order valence-electron chi connectivity index (χ3n) is 2.02. The minimum absolute atomic E-state index is 0. The van der Waals surface area contributed by atoms with Crippen molar-refractivity contribution in [3.63, 3.8) is 0 Å². The van der Waals surface area contributed by atoms with E-state index >= 15 is 0 Å². The van der Waals surface area contributed by atoms with E-state index in [1.807, 2.05) is 42.5 Å². The van der Waals surface area contributed by atoms with Gasteiger partial charge in [0.25, 0.3) is 0 Å². The largest absolute Gasteiger partial charge is 0.481 e. The Morgan fingerprint density at radius 3 is 1.89 bits per heavy atom. The maximum atomic E-state index is 10.2. The molecule has 2 aromatic rings. The van der Waals surface area contributed by atoms with Crippen LogP contribution in [0.4, 0.5) is 0 Å². The molecule has 2 aromatic carbocycles. The smallest absolute Gasteiger partial charge is 0.303 e. The van der Waals surface area contributed by atoms with Gasteiger partial charge in [-0.1, -0.05) is 0 Å². The minimum Gasteiger partial charge on any atom is -0.481 e. The molecule has 0 spiro atoms. The maximum absolute atomic E-state index is 10.2. The molecule has 1 N–H and O–H groups in total. The first-order valence-electron chi connectivity index (χ1n) is 5.37. The van der Waals surface area contributed by atoms with Crippen LogP contribution >= 0.6 is 0 Å². The van der Waals surface area contributed by atoms with Gasteiger partial charge in [0, 0.05) is 47.5 Å². The number of hydrogen-bond acceptors (Lipinski definition) is 1. The van der Waals surface area contributed by atoms with Crippen LogP contribution in [0.3, 0.4) is 0 Å². The van der Waals surface area contributed by atoms with Gasteiger partial charge in [0.05, 0.1) is 0 Å². The molecular weight excluding hydrogens is 312 g/mol. The van der Waals surface area contributed by atoms with Crippen LogP contribution in [-0.2, 0) is 43.9 Å². The van der Waals surface area contributed by atoms with Gasteiger partial charge in [-0.3, -0.25) is 4.79 Å². The average Bonchev–Trinajstić information content (AvgIpc) is 2.40. The van der Waals surface area contributed by atoms with E-state index < -0.39 is 5.97 Å². The molecular formula is C15H14BO2Y-2. The van der Waals surface area contributed by atoms with Gasteiger partial charge in [0.2, 0.25) is 0 Å². The topological polar surface area (TPSA) is 37.3 Å². The number of carbonyl (C=O) groups is 1. The van der Waals surface area contributed by atoms with Crippen LogP contribution in [0.15, 0.2) is 54.6 Å². The van der Waals surface area contributed by atoms with Gasteiger partial charge in [-0.25, -0.2) is 0 Å². The van der Waals surface area contributed by atoms with Gasteiger partial charge in [0.15, 0.2) is 0 Å². The molecule has 94 valence electrons. The zero-order valence-corrected chi connectivity index (χ0v) is 13.5. The average molecular weight is 326 g/mol. The van der Waals surface area contributed by atoms with Crippen molar-refractivity contribution in [3.05, 3.63) is 72.3 Å². The molecule has 0 fully saturated rings. The molecule has 0 saturated heterocycles. The second-order valence-corrected chi connectivity index (χ2v) is 3.38. The van der Waals surface area contributed by atoms with E-state index in [1.165, 1.54) is 0 Å². The second-order valence-electron chi connectivity index (χ2n) is 3.38. The van der Waals surface area contributed by atoms with Gasteiger partial charge < -0.3 is 5.11 Å². The molecule has 0 aliphatic rings. The number of carboxylic acid groups (broad SMARTS) is 1. The zero-order chi connectivity index (χ0) is 12.3. The van der Waals surface area contributed by atoms with Crippen LogP contribution in [0, 0.1) is 12.1 Å². The summed E-state index contributed by atoms with van der Waals surface area (Å²) in [4.78, 5) is 10.2. The fourth-order valence-electron chi connectivity index (χ4n) is 1.18. The molecule has 4 heteroatoms. The van der Waals surface area contributed by atoms with Crippen molar-refractivity contribution < 1.29 is 42.6 Å². The Kier molecular flexibility index (Phi) is 14.5. The van der Waals surface area contributed by atoms with Crippen LogP contribution < -0.4 is 0 Å². The van der Waals surface area contributed by atoms with Crippen LogP contribution in [0.1, 0.15) is 12.0 Å².